The molecule has 1 N–H and O–H groups in total. The first-order chi connectivity index (χ1) is 15.3. The zero-order chi connectivity index (χ0) is 25.0. The van der Waals surface area contributed by atoms with Crippen LogP contribution in [0.2, 0.25) is 0 Å². The summed E-state index contributed by atoms with van der Waals surface area (Å²) in [6.45, 7) is 15.5. The van der Waals surface area contributed by atoms with E-state index in [9.17, 15) is 14.7 Å². The maximum Gasteiger partial charge on any atom is 0.325 e. The number of hydrogen-bond acceptors (Lipinski definition) is 9. The van der Waals surface area contributed by atoms with Crippen LogP contribution >= 0.6 is 0 Å². The number of ether oxygens (including phenoxy) is 2. The molecule has 1 heterocycles. The normalized spacial score (nSPS) is 11.9. The maximum absolute atomic E-state index is 12.1. The lowest BCUT2D eigenvalue weighted by atomic mass is 9.79. The van der Waals surface area contributed by atoms with E-state index in [2.05, 4.69) is 31.0 Å². The molecule has 33 heavy (non-hydrogen) atoms. The smallest absolute Gasteiger partial charge is 0.325 e. The fourth-order valence-corrected chi connectivity index (χ4v) is 3.17. The van der Waals surface area contributed by atoms with Gasteiger partial charge in [-0.1, -0.05) is 52.7 Å². The van der Waals surface area contributed by atoms with Crippen LogP contribution in [0.3, 0.4) is 0 Å². The van der Waals surface area contributed by atoms with Gasteiger partial charge < -0.3 is 23.9 Å². The number of phenols is 1. The topological polar surface area (TPSA) is 115 Å². The Kier molecular flexibility index (Phi) is 8.11. The molecule has 9 nitrogen and oxygen atoms in total. The lowest BCUT2D eigenvalue weighted by Gasteiger charge is -2.27. The number of esters is 2. The molecule has 0 atom stereocenters. The number of anilines is 1. The molecule has 0 fully saturated rings. The standard InChI is InChI=1S/C24H35N3O6/c1-9-31-18(28)13-27(14-19(29)32-10-2)22-26-25-21(33-22)16-11-15(23(3,4)5)12-17(20(16)30)24(6,7)8/h11-12,30H,9-10,13-14H2,1-8H3. The van der Waals surface area contributed by atoms with Crippen LogP contribution in [0.1, 0.15) is 66.5 Å². The summed E-state index contributed by atoms with van der Waals surface area (Å²) in [5.74, 6) is -0.965. The predicted octanol–water partition coefficient (Wildman–Crippen LogP) is 3.97. The molecule has 1 aromatic heterocycles. The predicted molar refractivity (Wildman–Crippen MR) is 124 cm³/mol. The highest BCUT2D eigenvalue weighted by atomic mass is 16.5. The van der Waals surface area contributed by atoms with Crippen molar-refractivity contribution in [2.75, 3.05) is 31.2 Å². The minimum absolute atomic E-state index is 0.0491. The largest absolute Gasteiger partial charge is 0.507 e. The Labute approximate surface area is 195 Å². The Morgan fingerprint density at radius 2 is 1.48 bits per heavy atom. The van der Waals surface area contributed by atoms with E-state index in [1.807, 2.05) is 32.9 Å². The molecule has 9 heteroatoms. The monoisotopic (exact) mass is 461 g/mol. The molecule has 0 amide bonds. The number of benzene rings is 1. The molecule has 0 aliphatic heterocycles. The summed E-state index contributed by atoms with van der Waals surface area (Å²) >= 11 is 0. The van der Waals surface area contributed by atoms with E-state index in [1.54, 1.807) is 13.8 Å². The van der Waals surface area contributed by atoms with Gasteiger partial charge in [-0.3, -0.25) is 9.59 Å². The Bertz CT molecular complexity index is 965. The van der Waals surface area contributed by atoms with Crippen LogP contribution in [0.4, 0.5) is 6.01 Å². The van der Waals surface area contributed by atoms with Crippen molar-refractivity contribution in [3.05, 3.63) is 23.3 Å². The Morgan fingerprint density at radius 3 is 1.94 bits per heavy atom. The highest BCUT2D eigenvalue weighted by Gasteiger charge is 2.28. The third-order valence-corrected chi connectivity index (χ3v) is 4.95. The van der Waals surface area contributed by atoms with Gasteiger partial charge in [-0.25, -0.2) is 0 Å². The molecule has 0 radical (unpaired) electrons. The molecule has 0 unspecified atom stereocenters. The fourth-order valence-electron chi connectivity index (χ4n) is 3.17. The van der Waals surface area contributed by atoms with Crippen molar-refractivity contribution in [1.29, 1.82) is 0 Å². The minimum atomic E-state index is -0.547. The summed E-state index contributed by atoms with van der Waals surface area (Å²) in [5, 5.41) is 19.2. The average Bonchev–Trinajstić information content (AvgIpc) is 3.16. The van der Waals surface area contributed by atoms with Crippen LogP contribution in [-0.4, -0.2) is 53.5 Å². The van der Waals surface area contributed by atoms with Gasteiger partial charge in [-0.2, -0.15) is 0 Å². The number of aromatic hydroxyl groups is 1. The molecule has 0 saturated heterocycles. The maximum atomic E-state index is 12.1. The van der Waals surface area contributed by atoms with Crippen molar-refractivity contribution in [3.8, 4) is 17.2 Å². The van der Waals surface area contributed by atoms with Crippen molar-refractivity contribution in [3.63, 3.8) is 0 Å². The quantitative estimate of drug-likeness (QED) is 0.583. The van der Waals surface area contributed by atoms with Crippen LogP contribution in [0.25, 0.3) is 11.5 Å². The zero-order valence-corrected chi connectivity index (χ0v) is 20.8. The molecule has 1 aromatic carbocycles. The lowest BCUT2D eigenvalue weighted by molar-refractivity contribution is -0.142. The van der Waals surface area contributed by atoms with Crippen molar-refractivity contribution in [2.45, 2.75) is 66.2 Å². The van der Waals surface area contributed by atoms with Crippen molar-refractivity contribution < 1.29 is 28.6 Å². The van der Waals surface area contributed by atoms with Gasteiger partial charge in [0.2, 0.25) is 0 Å². The van der Waals surface area contributed by atoms with Crippen LogP contribution in [0.15, 0.2) is 16.5 Å². The van der Waals surface area contributed by atoms with Crippen molar-refractivity contribution in [1.82, 2.24) is 10.2 Å². The summed E-state index contributed by atoms with van der Waals surface area (Å²) < 4.78 is 15.8. The molecule has 0 bridgehead atoms. The molecule has 0 saturated carbocycles. The zero-order valence-electron chi connectivity index (χ0n) is 20.8. The molecule has 0 aliphatic rings. The van der Waals surface area contributed by atoms with Crippen LogP contribution < -0.4 is 4.90 Å². The van der Waals surface area contributed by atoms with Gasteiger partial charge in [0.15, 0.2) is 0 Å². The molecule has 2 aromatic rings. The van der Waals surface area contributed by atoms with Gasteiger partial charge in [-0.05, 0) is 36.3 Å². The minimum Gasteiger partial charge on any atom is -0.507 e. The number of nitrogens with zero attached hydrogens (tertiary/aromatic N) is 3. The van der Waals surface area contributed by atoms with Gasteiger partial charge >= 0.3 is 18.0 Å². The van der Waals surface area contributed by atoms with E-state index >= 15 is 0 Å². The van der Waals surface area contributed by atoms with Crippen LogP contribution in [0, 0.1) is 0 Å². The highest BCUT2D eigenvalue weighted by molar-refractivity contribution is 5.80. The van der Waals surface area contributed by atoms with Crippen molar-refractivity contribution >= 4 is 18.0 Å². The molecule has 0 aliphatic carbocycles. The number of carbonyl (C=O) groups excluding carboxylic acids is 2. The molecular weight excluding hydrogens is 426 g/mol. The van der Waals surface area contributed by atoms with E-state index in [1.165, 1.54) is 4.90 Å². The number of phenolic OH excluding ortho intramolecular Hbond substituents is 1. The third-order valence-electron chi connectivity index (χ3n) is 4.95. The molecule has 0 spiro atoms. The van der Waals surface area contributed by atoms with Gasteiger partial charge in [0.25, 0.3) is 5.89 Å². The SMILES string of the molecule is CCOC(=O)CN(CC(=O)OCC)c1nnc(-c2cc(C(C)(C)C)cc(C(C)(C)C)c2O)o1. The number of carbonyl (C=O) groups is 2. The first-order valence-electron chi connectivity index (χ1n) is 11.1. The van der Waals surface area contributed by atoms with E-state index in [-0.39, 0.29) is 54.8 Å². The van der Waals surface area contributed by atoms with E-state index < -0.39 is 11.9 Å². The highest BCUT2D eigenvalue weighted by Crippen LogP contribution is 2.42. The van der Waals surface area contributed by atoms with Gasteiger partial charge in [0, 0.05) is 5.56 Å². The second-order valence-electron chi connectivity index (χ2n) is 9.78. The van der Waals surface area contributed by atoms with E-state index in [0.29, 0.717) is 5.56 Å². The molecule has 182 valence electrons. The second-order valence-corrected chi connectivity index (χ2v) is 9.78. The first kappa shape index (κ1) is 26.2. The third kappa shape index (κ3) is 6.69. The summed E-state index contributed by atoms with van der Waals surface area (Å²) in [6.07, 6.45) is 0. The number of rotatable bonds is 8. The summed E-state index contributed by atoms with van der Waals surface area (Å²) in [7, 11) is 0. The van der Waals surface area contributed by atoms with Crippen LogP contribution in [0.5, 0.6) is 5.75 Å². The summed E-state index contributed by atoms with van der Waals surface area (Å²) in [6, 6.07) is 3.76. The molecular formula is C24H35N3O6. The van der Waals surface area contributed by atoms with Gasteiger partial charge in [0.05, 0.1) is 18.8 Å². The van der Waals surface area contributed by atoms with Gasteiger partial charge in [-0.15, -0.1) is 5.10 Å². The molecule has 2 rings (SSSR count). The average molecular weight is 462 g/mol. The summed E-state index contributed by atoms with van der Waals surface area (Å²) in [4.78, 5) is 25.4. The van der Waals surface area contributed by atoms with Crippen molar-refractivity contribution in [2.24, 2.45) is 0 Å². The van der Waals surface area contributed by atoms with Crippen LogP contribution in [-0.2, 0) is 29.9 Å². The Morgan fingerprint density at radius 1 is 0.939 bits per heavy atom. The number of aromatic nitrogens is 2. The number of hydrogen-bond donors (Lipinski definition) is 1. The second kappa shape index (κ2) is 10.2. The van der Waals surface area contributed by atoms with Gasteiger partial charge in [0.1, 0.15) is 18.8 Å². The van der Waals surface area contributed by atoms with E-state index in [0.717, 1.165) is 11.1 Å². The lowest BCUT2D eigenvalue weighted by Crippen LogP contribution is -2.36. The Hall–Kier alpha value is -3.10. The fraction of sp³-hybridized carbons (Fsp3) is 0.583. The Balaban J connectivity index is 2.53. The van der Waals surface area contributed by atoms with E-state index in [4.69, 9.17) is 13.9 Å². The first-order valence-corrected chi connectivity index (χ1v) is 11.1. The summed E-state index contributed by atoms with van der Waals surface area (Å²) in [5.41, 5.74) is 1.61.